The van der Waals surface area contributed by atoms with Gasteiger partial charge in [0.15, 0.2) is 5.78 Å². The SMILES string of the molecule is O=C(COc1cccc(Cl)c1Cl)Cc1ccccc1F. The number of ketones is 1. The molecule has 0 unspecified atom stereocenters. The number of hydrogen-bond acceptors (Lipinski definition) is 2. The van der Waals surface area contributed by atoms with Gasteiger partial charge in [0, 0.05) is 6.42 Å². The molecule has 0 aliphatic rings. The average Bonchev–Trinajstić information content (AvgIpc) is 2.43. The molecular formula is C15H11Cl2FO2. The molecule has 104 valence electrons. The third-order valence-electron chi connectivity index (χ3n) is 2.65. The normalized spacial score (nSPS) is 10.3. The van der Waals surface area contributed by atoms with Gasteiger partial charge in [-0.25, -0.2) is 4.39 Å². The van der Waals surface area contributed by atoms with Crippen molar-refractivity contribution in [2.24, 2.45) is 0 Å². The molecule has 0 fully saturated rings. The average molecular weight is 313 g/mol. The zero-order valence-electron chi connectivity index (χ0n) is 10.4. The number of halogens is 3. The molecular weight excluding hydrogens is 302 g/mol. The minimum Gasteiger partial charge on any atom is -0.484 e. The second kappa shape index (κ2) is 6.73. The Kier molecular flexibility index (Phi) is 4.99. The molecule has 0 spiro atoms. The summed E-state index contributed by atoms with van der Waals surface area (Å²) in [5.74, 6) is -0.311. The third kappa shape index (κ3) is 3.71. The molecule has 2 nitrogen and oxygen atoms in total. The van der Waals surface area contributed by atoms with E-state index in [-0.39, 0.29) is 23.8 Å². The largest absolute Gasteiger partial charge is 0.484 e. The molecule has 0 saturated carbocycles. The van der Waals surface area contributed by atoms with E-state index in [0.29, 0.717) is 16.3 Å². The van der Waals surface area contributed by atoms with Crippen LogP contribution >= 0.6 is 23.2 Å². The summed E-state index contributed by atoms with van der Waals surface area (Å²) in [6, 6.07) is 11.1. The zero-order chi connectivity index (χ0) is 14.5. The molecule has 0 aromatic heterocycles. The van der Waals surface area contributed by atoms with Crippen LogP contribution in [0.3, 0.4) is 0 Å². The fraction of sp³-hybridized carbons (Fsp3) is 0.133. The quantitative estimate of drug-likeness (QED) is 0.821. The molecule has 0 amide bonds. The summed E-state index contributed by atoms with van der Waals surface area (Å²) in [6.45, 7) is -0.186. The van der Waals surface area contributed by atoms with Crippen LogP contribution in [0.5, 0.6) is 5.75 Å². The van der Waals surface area contributed by atoms with Gasteiger partial charge >= 0.3 is 0 Å². The predicted molar refractivity (Wildman–Crippen MR) is 77.1 cm³/mol. The fourth-order valence-corrected chi connectivity index (χ4v) is 2.01. The van der Waals surface area contributed by atoms with E-state index in [1.165, 1.54) is 6.07 Å². The lowest BCUT2D eigenvalue weighted by Crippen LogP contribution is -2.14. The van der Waals surface area contributed by atoms with Gasteiger partial charge < -0.3 is 4.74 Å². The van der Waals surface area contributed by atoms with Crippen LogP contribution in [0.1, 0.15) is 5.56 Å². The topological polar surface area (TPSA) is 26.3 Å². The van der Waals surface area contributed by atoms with Crippen molar-refractivity contribution in [2.75, 3.05) is 6.61 Å². The highest BCUT2D eigenvalue weighted by Crippen LogP contribution is 2.31. The molecule has 0 heterocycles. The molecule has 2 aromatic rings. The van der Waals surface area contributed by atoms with Crippen molar-refractivity contribution in [3.8, 4) is 5.75 Å². The summed E-state index contributed by atoms with van der Waals surface area (Å²) in [7, 11) is 0. The minimum atomic E-state index is -0.401. The van der Waals surface area contributed by atoms with Crippen LogP contribution in [0.4, 0.5) is 4.39 Å². The molecule has 0 aliphatic heterocycles. The summed E-state index contributed by atoms with van der Waals surface area (Å²) < 4.78 is 18.7. The maximum Gasteiger partial charge on any atom is 0.174 e. The first kappa shape index (κ1) is 14.8. The summed E-state index contributed by atoms with van der Waals surface area (Å²) in [4.78, 5) is 11.8. The summed E-state index contributed by atoms with van der Waals surface area (Å²) in [6.07, 6.45) is -0.0230. The maximum absolute atomic E-state index is 13.4. The molecule has 5 heteroatoms. The van der Waals surface area contributed by atoms with E-state index < -0.39 is 5.82 Å². The van der Waals surface area contributed by atoms with Crippen LogP contribution in [-0.2, 0) is 11.2 Å². The molecule has 2 rings (SSSR count). The second-order valence-electron chi connectivity index (χ2n) is 4.15. The lowest BCUT2D eigenvalue weighted by Gasteiger charge is -2.08. The van der Waals surface area contributed by atoms with Crippen molar-refractivity contribution in [3.05, 3.63) is 63.9 Å². The fourth-order valence-electron chi connectivity index (χ4n) is 1.66. The van der Waals surface area contributed by atoms with E-state index in [9.17, 15) is 9.18 Å². The van der Waals surface area contributed by atoms with Gasteiger partial charge in [-0.2, -0.15) is 0 Å². The van der Waals surface area contributed by atoms with Crippen LogP contribution in [0.2, 0.25) is 10.0 Å². The first-order chi connectivity index (χ1) is 9.58. The molecule has 0 radical (unpaired) electrons. The summed E-state index contributed by atoms with van der Waals surface area (Å²) >= 11 is 11.8. The maximum atomic E-state index is 13.4. The number of benzene rings is 2. The van der Waals surface area contributed by atoms with Crippen molar-refractivity contribution in [1.82, 2.24) is 0 Å². The van der Waals surface area contributed by atoms with E-state index in [2.05, 4.69) is 0 Å². The van der Waals surface area contributed by atoms with Crippen molar-refractivity contribution < 1.29 is 13.9 Å². The van der Waals surface area contributed by atoms with Gasteiger partial charge in [-0.05, 0) is 23.8 Å². The van der Waals surface area contributed by atoms with E-state index in [4.69, 9.17) is 27.9 Å². The monoisotopic (exact) mass is 312 g/mol. The van der Waals surface area contributed by atoms with E-state index in [0.717, 1.165) is 0 Å². The van der Waals surface area contributed by atoms with Gasteiger partial charge in [-0.15, -0.1) is 0 Å². The minimum absolute atomic E-state index is 0.0230. The Bertz CT molecular complexity index is 629. The number of carbonyl (C=O) groups excluding carboxylic acids is 1. The van der Waals surface area contributed by atoms with Crippen molar-refractivity contribution in [3.63, 3.8) is 0 Å². The molecule has 0 saturated heterocycles. The van der Waals surface area contributed by atoms with E-state index in [1.807, 2.05) is 0 Å². The lowest BCUT2D eigenvalue weighted by atomic mass is 10.1. The number of Topliss-reactive ketones (excluding diaryl/α,β-unsaturated/α-hetero) is 1. The Balaban J connectivity index is 1.96. The Morgan fingerprint density at radius 1 is 1.10 bits per heavy atom. The third-order valence-corrected chi connectivity index (χ3v) is 3.45. The van der Waals surface area contributed by atoms with E-state index in [1.54, 1.807) is 36.4 Å². The van der Waals surface area contributed by atoms with Gasteiger partial charge in [0.05, 0.1) is 5.02 Å². The Labute approximate surface area is 126 Å². The number of ether oxygens (including phenoxy) is 1. The first-order valence-electron chi connectivity index (χ1n) is 5.90. The highest BCUT2D eigenvalue weighted by molar-refractivity contribution is 6.42. The van der Waals surface area contributed by atoms with Crippen LogP contribution in [0.25, 0.3) is 0 Å². The van der Waals surface area contributed by atoms with Crippen molar-refractivity contribution in [1.29, 1.82) is 0 Å². The van der Waals surface area contributed by atoms with Crippen LogP contribution in [0, 0.1) is 5.82 Å². The highest BCUT2D eigenvalue weighted by atomic mass is 35.5. The van der Waals surface area contributed by atoms with Crippen LogP contribution in [-0.4, -0.2) is 12.4 Å². The van der Waals surface area contributed by atoms with Gasteiger partial charge in [0.25, 0.3) is 0 Å². The number of carbonyl (C=O) groups is 1. The van der Waals surface area contributed by atoms with Crippen LogP contribution in [0.15, 0.2) is 42.5 Å². The van der Waals surface area contributed by atoms with E-state index >= 15 is 0 Å². The van der Waals surface area contributed by atoms with Crippen molar-refractivity contribution >= 4 is 29.0 Å². The molecule has 0 bridgehead atoms. The first-order valence-corrected chi connectivity index (χ1v) is 6.65. The second-order valence-corrected chi connectivity index (χ2v) is 4.93. The van der Waals surface area contributed by atoms with Crippen LogP contribution < -0.4 is 4.74 Å². The summed E-state index contributed by atoms with van der Waals surface area (Å²) in [5, 5.41) is 0.610. The van der Waals surface area contributed by atoms with Gasteiger partial charge in [0.2, 0.25) is 0 Å². The van der Waals surface area contributed by atoms with Gasteiger partial charge in [-0.3, -0.25) is 4.79 Å². The standard InChI is InChI=1S/C15H11Cl2FO2/c16-12-5-3-7-14(15(12)17)20-9-11(19)8-10-4-1-2-6-13(10)18/h1-7H,8-9H2. The van der Waals surface area contributed by atoms with Gasteiger partial charge in [-0.1, -0.05) is 47.5 Å². The zero-order valence-corrected chi connectivity index (χ0v) is 11.9. The predicted octanol–water partition coefficient (Wildman–Crippen LogP) is 4.32. The molecule has 0 aliphatic carbocycles. The van der Waals surface area contributed by atoms with Crippen molar-refractivity contribution in [2.45, 2.75) is 6.42 Å². The Morgan fingerprint density at radius 2 is 1.85 bits per heavy atom. The smallest absolute Gasteiger partial charge is 0.174 e. The Hall–Kier alpha value is -1.58. The molecule has 2 aromatic carbocycles. The Morgan fingerprint density at radius 3 is 2.60 bits per heavy atom. The molecule has 0 atom stereocenters. The molecule has 20 heavy (non-hydrogen) atoms. The molecule has 0 N–H and O–H groups in total. The number of hydrogen-bond donors (Lipinski definition) is 0. The summed E-state index contributed by atoms with van der Waals surface area (Å²) in [5.41, 5.74) is 0.346. The lowest BCUT2D eigenvalue weighted by molar-refractivity contribution is -0.120. The highest BCUT2D eigenvalue weighted by Gasteiger charge is 2.11. The number of rotatable bonds is 5. The van der Waals surface area contributed by atoms with Gasteiger partial charge in [0.1, 0.15) is 23.2 Å².